The van der Waals surface area contributed by atoms with Crippen molar-refractivity contribution in [2.24, 2.45) is 5.41 Å². The van der Waals surface area contributed by atoms with Crippen molar-refractivity contribution in [2.45, 2.75) is 46.6 Å². The summed E-state index contributed by atoms with van der Waals surface area (Å²) in [5.41, 5.74) is 1.18. The molecule has 0 fully saturated rings. The van der Waals surface area contributed by atoms with Crippen LogP contribution in [0.1, 0.15) is 52.1 Å². The average Bonchev–Trinajstić information content (AvgIpc) is 2.47. The Balaban J connectivity index is 3.33. The molecule has 21 heavy (non-hydrogen) atoms. The van der Waals surface area contributed by atoms with E-state index in [0.29, 0.717) is 16.5 Å². The molecule has 0 aliphatic heterocycles. The van der Waals surface area contributed by atoms with E-state index >= 15 is 0 Å². The second kappa shape index (κ2) is 7.90. The lowest BCUT2D eigenvalue weighted by Gasteiger charge is -2.36. The summed E-state index contributed by atoms with van der Waals surface area (Å²) in [6, 6.07) is 4.14. The van der Waals surface area contributed by atoms with E-state index < -0.39 is 0 Å². The Morgan fingerprint density at radius 3 is 2.33 bits per heavy atom. The van der Waals surface area contributed by atoms with Crippen LogP contribution in [0.15, 0.2) is 12.1 Å². The Morgan fingerprint density at radius 2 is 1.86 bits per heavy atom. The summed E-state index contributed by atoms with van der Waals surface area (Å²) < 4.78 is 10.9. The van der Waals surface area contributed by atoms with Crippen LogP contribution in [-0.4, -0.2) is 20.8 Å². The zero-order valence-corrected chi connectivity index (χ0v) is 14.8. The molecule has 0 heterocycles. The maximum atomic E-state index is 6.41. The summed E-state index contributed by atoms with van der Waals surface area (Å²) >= 11 is 6.41. The molecule has 1 atom stereocenters. The maximum Gasteiger partial charge on any atom is 0.146 e. The van der Waals surface area contributed by atoms with Crippen LogP contribution < -0.4 is 14.8 Å². The van der Waals surface area contributed by atoms with E-state index in [2.05, 4.69) is 33.0 Å². The summed E-state index contributed by atoms with van der Waals surface area (Å²) in [4.78, 5) is 0. The molecule has 0 aliphatic rings. The summed E-state index contributed by atoms with van der Waals surface area (Å²) in [5, 5.41) is 4.17. The molecule has 1 rings (SSSR count). The molecule has 0 saturated carbocycles. The van der Waals surface area contributed by atoms with Gasteiger partial charge in [0.1, 0.15) is 16.5 Å². The predicted molar refractivity (Wildman–Crippen MR) is 89.7 cm³/mol. The maximum absolute atomic E-state index is 6.41. The van der Waals surface area contributed by atoms with Crippen molar-refractivity contribution in [3.05, 3.63) is 22.7 Å². The van der Waals surface area contributed by atoms with Crippen LogP contribution in [0, 0.1) is 5.41 Å². The average molecular weight is 314 g/mol. The van der Waals surface area contributed by atoms with Crippen LogP contribution in [0.25, 0.3) is 0 Å². The Hall–Kier alpha value is -0.930. The minimum Gasteiger partial charge on any atom is -0.495 e. The van der Waals surface area contributed by atoms with Crippen molar-refractivity contribution in [2.75, 3.05) is 20.8 Å². The van der Waals surface area contributed by atoms with E-state index in [1.807, 2.05) is 12.1 Å². The number of nitrogens with one attached hydrogen (secondary N) is 1. The highest BCUT2D eigenvalue weighted by molar-refractivity contribution is 6.33. The van der Waals surface area contributed by atoms with Crippen LogP contribution in [0.2, 0.25) is 5.02 Å². The van der Waals surface area contributed by atoms with Gasteiger partial charge < -0.3 is 14.8 Å². The molecule has 120 valence electrons. The van der Waals surface area contributed by atoms with Crippen LogP contribution in [-0.2, 0) is 0 Å². The van der Waals surface area contributed by atoms with Gasteiger partial charge in [0, 0.05) is 11.6 Å². The summed E-state index contributed by atoms with van der Waals surface area (Å²) in [6.07, 6.45) is 2.14. The zero-order valence-electron chi connectivity index (χ0n) is 14.0. The number of methoxy groups -OCH3 is 2. The van der Waals surface area contributed by atoms with Crippen LogP contribution >= 0.6 is 11.6 Å². The molecule has 0 saturated heterocycles. The molecule has 0 radical (unpaired) electrons. The van der Waals surface area contributed by atoms with Crippen molar-refractivity contribution in [1.82, 2.24) is 5.32 Å². The fourth-order valence-corrected chi connectivity index (χ4v) is 2.77. The van der Waals surface area contributed by atoms with Gasteiger partial charge in [-0.3, -0.25) is 0 Å². The highest BCUT2D eigenvalue weighted by Gasteiger charge is 2.32. The molecule has 0 aromatic heterocycles. The van der Waals surface area contributed by atoms with Gasteiger partial charge in [-0.05, 0) is 36.9 Å². The lowest BCUT2D eigenvalue weighted by molar-refractivity contribution is 0.229. The number of halogens is 1. The third-order valence-electron chi connectivity index (χ3n) is 4.12. The molecule has 4 heteroatoms. The highest BCUT2D eigenvalue weighted by Crippen LogP contribution is 2.45. The number of hydrogen-bond donors (Lipinski definition) is 1. The fraction of sp³-hybridized carbons (Fsp3) is 0.647. The van der Waals surface area contributed by atoms with Gasteiger partial charge in [-0.1, -0.05) is 39.3 Å². The van der Waals surface area contributed by atoms with E-state index in [9.17, 15) is 0 Å². The minimum absolute atomic E-state index is 0.0976. The molecule has 1 N–H and O–H groups in total. The SMILES string of the molecule is CCCNC(c1ccc(OC)c(Cl)c1OC)C(C)(C)CC. The Morgan fingerprint density at radius 1 is 1.19 bits per heavy atom. The standard InChI is InChI=1S/C17H28ClNO2/c1-7-11-19-16(17(3,4)8-2)12-9-10-13(20-5)14(18)15(12)21-6/h9-10,16,19H,7-8,11H2,1-6H3. The molecular formula is C17H28ClNO2. The van der Waals surface area contributed by atoms with Crippen LogP contribution in [0.4, 0.5) is 0 Å². The van der Waals surface area contributed by atoms with Gasteiger partial charge in [-0.15, -0.1) is 0 Å². The molecule has 0 bridgehead atoms. The predicted octanol–water partition coefficient (Wildman–Crippen LogP) is 4.83. The van der Waals surface area contributed by atoms with Gasteiger partial charge in [-0.25, -0.2) is 0 Å². The summed E-state index contributed by atoms with van der Waals surface area (Å²) in [6.45, 7) is 9.86. The Bertz CT molecular complexity index is 460. The number of ether oxygens (including phenoxy) is 2. The second-order valence-electron chi connectivity index (χ2n) is 5.93. The zero-order chi connectivity index (χ0) is 16.0. The largest absolute Gasteiger partial charge is 0.495 e. The molecule has 1 aromatic carbocycles. The van der Waals surface area contributed by atoms with E-state index in [-0.39, 0.29) is 11.5 Å². The highest BCUT2D eigenvalue weighted by atomic mass is 35.5. The minimum atomic E-state index is 0.0976. The second-order valence-corrected chi connectivity index (χ2v) is 6.31. The van der Waals surface area contributed by atoms with E-state index in [1.165, 1.54) is 0 Å². The van der Waals surface area contributed by atoms with Gasteiger partial charge in [0.25, 0.3) is 0 Å². The lowest BCUT2D eigenvalue weighted by atomic mass is 9.78. The van der Waals surface area contributed by atoms with Crippen LogP contribution in [0.5, 0.6) is 11.5 Å². The molecule has 3 nitrogen and oxygen atoms in total. The Labute approximate surface area is 134 Å². The molecule has 1 unspecified atom stereocenters. The molecule has 0 aliphatic carbocycles. The van der Waals surface area contributed by atoms with Gasteiger partial charge in [0.05, 0.1) is 14.2 Å². The lowest BCUT2D eigenvalue weighted by Crippen LogP contribution is -2.34. The number of benzene rings is 1. The topological polar surface area (TPSA) is 30.5 Å². The van der Waals surface area contributed by atoms with Crippen molar-refractivity contribution < 1.29 is 9.47 Å². The third kappa shape index (κ3) is 4.04. The van der Waals surface area contributed by atoms with E-state index in [4.69, 9.17) is 21.1 Å². The first-order valence-electron chi connectivity index (χ1n) is 7.56. The molecule has 0 spiro atoms. The number of rotatable bonds is 8. The first-order valence-corrected chi connectivity index (χ1v) is 7.94. The quantitative estimate of drug-likeness (QED) is 0.745. The fourth-order valence-electron chi connectivity index (χ4n) is 2.45. The van der Waals surface area contributed by atoms with Crippen molar-refractivity contribution >= 4 is 11.6 Å². The first-order chi connectivity index (χ1) is 9.92. The first kappa shape index (κ1) is 18.1. The summed E-state index contributed by atoms with van der Waals surface area (Å²) in [7, 11) is 3.27. The smallest absolute Gasteiger partial charge is 0.146 e. The van der Waals surface area contributed by atoms with Gasteiger partial charge in [0.15, 0.2) is 0 Å². The molecule has 0 amide bonds. The van der Waals surface area contributed by atoms with Crippen molar-refractivity contribution in [3.63, 3.8) is 0 Å². The molecule has 1 aromatic rings. The van der Waals surface area contributed by atoms with Crippen molar-refractivity contribution in [1.29, 1.82) is 0 Å². The Kier molecular flexibility index (Phi) is 6.82. The van der Waals surface area contributed by atoms with Gasteiger partial charge >= 0.3 is 0 Å². The van der Waals surface area contributed by atoms with E-state index in [1.54, 1.807) is 14.2 Å². The monoisotopic (exact) mass is 313 g/mol. The normalized spacial score (nSPS) is 13.1. The van der Waals surface area contributed by atoms with Gasteiger partial charge in [-0.2, -0.15) is 0 Å². The van der Waals surface area contributed by atoms with Crippen LogP contribution in [0.3, 0.4) is 0 Å². The van der Waals surface area contributed by atoms with Crippen molar-refractivity contribution in [3.8, 4) is 11.5 Å². The summed E-state index contributed by atoms with van der Waals surface area (Å²) in [5.74, 6) is 1.34. The van der Waals surface area contributed by atoms with Gasteiger partial charge in [0.2, 0.25) is 0 Å². The third-order valence-corrected chi connectivity index (χ3v) is 4.48. The number of hydrogen-bond acceptors (Lipinski definition) is 3. The molecular weight excluding hydrogens is 286 g/mol. The van der Waals surface area contributed by atoms with E-state index in [0.717, 1.165) is 24.9 Å².